The van der Waals surface area contributed by atoms with Gasteiger partial charge in [-0.1, -0.05) is 32.4 Å². The van der Waals surface area contributed by atoms with Gasteiger partial charge in [0.25, 0.3) is 11.8 Å². The van der Waals surface area contributed by atoms with Gasteiger partial charge in [0.1, 0.15) is 12.6 Å². The van der Waals surface area contributed by atoms with Crippen LogP contribution in [-0.4, -0.2) is 68.1 Å². The average molecular weight is 507 g/mol. The number of nitrogens with zero attached hydrogens (tertiary/aromatic N) is 2. The summed E-state index contributed by atoms with van der Waals surface area (Å²) in [7, 11) is 0. The number of carbonyl (C=O) groups is 3. The van der Waals surface area contributed by atoms with Crippen molar-refractivity contribution in [3.8, 4) is 0 Å². The van der Waals surface area contributed by atoms with E-state index in [9.17, 15) is 14.4 Å². The second-order valence-electron chi connectivity index (χ2n) is 8.45. The minimum absolute atomic E-state index is 0.0757. The fraction of sp³-hybridized carbons (Fsp3) is 0.458. The van der Waals surface area contributed by atoms with Crippen LogP contribution in [0.25, 0.3) is 0 Å². The number of hydrogen-bond acceptors (Lipinski definition) is 6. The normalized spacial score (nSPS) is 15.0. The van der Waals surface area contributed by atoms with Crippen molar-refractivity contribution in [1.29, 1.82) is 0 Å². The maximum atomic E-state index is 13.3. The highest BCUT2D eigenvalue weighted by Gasteiger charge is 2.27. The van der Waals surface area contributed by atoms with E-state index in [1.807, 2.05) is 19.1 Å². The third-order valence-electron chi connectivity index (χ3n) is 5.43. The van der Waals surface area contributed by atoms with E-state index in [0.29, 0.717) is 47.1 Å². The number of hydrogen-bond donors (Lipinski definition) is 2. The monoisotopic (exact) mass is 506 g/mol. The second kappa shape index (κ2) is 12.3. The van der Waals surface area contributed by atoms with Gasteiger partial charge in [-0.15, -0.1) is 11.3 Å². The fourth-order valence-corrected chi connectivity index (χ4v) is 4.75. The number of carbonyl (C=O) groups excluding carboxylic acids is 3. The number of anilines is 2. The molecule has 0 saturated carbocycles. The third kappa shape index (κ3) is 7.02. The van der Waals surface area contributed by atoms with Crippen molar-refractivity contribution in [2.45, 2.75) is 26.8 Å². The summed E-state index contributed by atoms with van der Waals surface area (Å²) in [6.07, 6.45) is 0. The van der Waals surface area contributed by atoms with Crippen LogP contribution in [0.3, 0.4) is 0 Å². The lowest BCUT2D eigenvalue weighted by Crippen LogP contribution is -2.51. The first-order valence-electron chi connectivity index (χ1n) is 11.3. The lowest BCUT2D eigenvalue weighted by molar-refractivity contribution is -0.125. The fourth-order valence-electron chi connectivity index (χ4n) is 3.79. The zero-order valence-electron chi connectivity index (χ0n) is 19.7. The van der Waals surface area contributed by atoms with E-state index >= 15 is 0 Å². The molecule has 1 saturated heterocycles. The molecular weight excluding hydrogens is 476 g/mol. The predicted molar refractivity (Wildman–Crippen MR) is 136 cm³/mol. The van der Waals surface area contributed by atoms with Crippen LogP contribution < -0.4 is 15.5 Å². The molecular formula is C24H31ClN4O4S. The Bertz CT molecular complexity index is 995. The Labute approximate surface area is 209 Å². The van der Waals surface area contributed by atoms with Crippen molar-refractivity contribution in [3.05, 3.63) is 45.6 Å². The highest BCUT2D eigenvalue weighted by molar-refractivity contribution is 7.18. The number of ether oxygens (including phenoxy) is 1. The van der Waals surface area contributed by atoms with Crippen LogP contribution in [-0.2, 0) is 14.3 Å². The van der Waals surface area contributed by atoms with Gasteiger partial charge in [0, 0.05) is 31.0 Å². The zero-order valence-corrected chi connectivity index (χ0v) is 21.2. The molecule has 2 heterocycles. The number of thiophene rings is 1. The number of likely N-dealkylation sites (N-methyl/N-ethyl adjacent to an activating group) is 1. The summed E-state index contributed by atoms with van der Waals surface area (Å²) >= 11 is 7.14. The van der Waals surface area contributed by atoms with Crippen molar-refractivity contribution >= 4 is 52.0 Å². The van der Waals surface area contributed by atoms with Crippen LogP contribution in [0.1, 0.15) is 30.4 Å². The van der Waals surface area contributed by atoms with Gasteiger partial charge in [-0.05, 0) is 48.9 Å². The summed E-state index contributed by atoms with van der Waals surface area (Å²) in [5.41, 5.74) is 1.39. The number of amides is 3. The average Bonchev–Trinajstić information content (AvgIpc) is 3.25. The van der Waals surface area contributed by atoms with E-state index in [-0.39, 0.29) is 30.9 Å². The Hall–Kier alpha value is -2.46. The summed E-state index contributed by atoms with van der Waals surface area (Å²) in [6.45, 7) is 8.80. The van der Waals surface area contributed by atoms with Gasteiger partial charge in [-0.2, -0.15) is 0 Å². The summed E-state index contributed by atoms with van der Waals surface area (Å²) < 4.78 is 5.72. The molecule has 0 spiro atoms. The van der Waals surface area contributed by atoms with Crippen LogP contribution in [0.15, 0.2) is 36.4 Å². The quantitative estimate of drug-likeness (QED) is 0.515. The Morgan fingerprint density at radius 2 is 1.94 bits per heavy atom. The molecule has 3 amide bonds. The SMILES string of the molecule is CCN(CC(C)C)[C@H](CNC(=O)c1ccc(Cl)s1)C(=O)Nc1ccc(N2CCOCC2=O)cc1. The van der Waals surface area contributed by atoms with Gasteiger partial charge >= 0.3 is 0 Å². The largest absolute Gasteiger partial charge is 0.370 e. The zero-order chi connectivity index (χ0) is 24.7. The van der Waals surface area contributed by atoms with E-state index in [1.165, 1.54) is 11.3 Å². The van der Waals surface area contributed by atoms with Crippen LogP contribution in [0.5, 0.6) is 0 Å². The molecule has 0 unspecified atom stereocenters. The maximum absolute atomic E-state index is 13.3. The molecule has 184 valence electrons. The van der Waals surface area contributed by atoms with Gasteiger partial charge < -0.3 is 20.3 Å². The van der Waals surface area contributed by atoms with Crippen molar-refractivity contribution in [3.63, 3.8) is 0 Å². The lowest BCUT2D eigenvalue weighted by atomic mass is 10.1. The topological polar surface area (TPSA) is 91.0 Å². The minimum atomic E-state index is -0.549. The van der Waals surface area contributed by atoms with Gasteiger partial charge in [-0.25, -0.2) is 0 Å². The second-order valence-corrected chi connectivity index (χ2v) is 10.2. The highest BCUT2D eigenvalue weighted by Crippen LogP contribution is 2.22. The standard InChI is InChI=1S/C24H31ClN4O4S/c1-4-28(14-16(2)3)19(13-26-24(32)20-9-10-21(25)34-20)23(31)27-17-5-7-18(8-6-17)29-11-12-33-15-22(29)30/h5-10,16,19H,4,11-15H2,1-3H3,(H,26,32)(H,27,31)/t19-/m1/s1. The smallest absolute Gasteiger partial charge is 0.261 e. The predicted octanol–water partition coefficient (Wildman–Crippen LogP) is 3.48. The number of morpholine rings is 1. The molecule has 0 bridgehead atoms. The van der Waals surface area contributed by atoms with E-state index in [1.54, 1.807) is 29.2 Å². The summed E-state index contributed by atoms with van der Waals surface area (Å²) in [6, 6.07) is 9.97. The molecule has 1 aliphatic heterocycles. The molecule has 1 aromatic carbocycles. The molecule has 1 aromatic heterocycles. The number of rotatable bonds is 10. The van der Waals surface area contributed by atoms with Crippen molar-refractivity contribution in [2.75, 3.05) is 49.6 Å². The molecule has 0 radical (unpaired) electrons. The van der Waals surface area contributed by atoms with Gasteiger partial charge in [-0.3, -0.25) is 19.3 Å². The van der Waals surface area contributed by atoms with Gasteiger partial charge in [0.2, 0.25) is 5.91 Å². The van der Waals surface area contributed by atoms with E-state index in [2.05, 4.69) is 29.4 Å². The Balaban J connectivity index is 1.69. The van der Waals surface area contributed by atoms with Gasteiger partial charge in [0.05, 0.1) is 15.8 Å². The number of benzene rings is 1. The number of halogens is 1. The third-order valence-corrected chi connectivity index (χ3v) is 6.66. The van der Waals surface area contributed by atoms with E-state index in [0.717, 1.165) is 5.69 Å². The summed E-state index contributed by atoms with van der Waals surface area (Å²) in [5, 5.41) is 5.84. The maximum Gasteiger partial charge on any atom is 0.261 e. The molecule has 2 N–H and O–H groups in total. The summed E-state index contributed by atoms with van der Waals surface area (Å²) in [4.78, 5) is 42.1. The van der Waals surface area contributed by atoms with Crippen LogP contribution in [0.4, 0.5) is 11.4 Å². The Morgan fingerprint density at radius 1 is 1.21 bits per heavy atom. The molecule has 2 aromatic rings. The lowest BCUT2D eigenvalue weighted by Gasteiger charge is -2.31. The molecule has 34 heavy (non-hydrogen) atoms. The summed E-state index contributed by atoms with van der Waals surface area (Å²) in [5.74, 6) is -0.192. The first-order valence-corrected chi connectivity index (χ1v) is 12.5. The van der Waals surface area contributed by atoms with E-state index in [4.69, 9.17) is 16.3 Å². The Kier molecular flexibility index (Phi) is 9.46. The molecule has 1 fully saturated rings. The van der Waals surface area contributed by atoms with Crippen LogP contribution in [0, 0.1) is 5.92 Å². The molecule has 1 aliphatic rings. The molecule has 10 heteroatoms. The number of nitrogens with one attached hydrogen (secondary N) is 2. The molecule has 3 rings (SSSR count). The molecule has 0 aliphatic carbocycles. The highest BCUT2D eigenvalue weighted by atomic mass is 35.5. The molecule has 1 atom stereocenters. The molecule has 8 nitrogen and oxygen atoms in total. The van der Waals surface area contributed by atoms with Crippen molar-refractivity contribution < 1.29 is 19.1 Å². The first kappa shape index (κ1) is 26.2. The van der Waals surface area contributed by atoms with E-state index < -0.39 is 6.04 Å². The van der Waals surface area contributed by atoms with Gasteiger partial charge in [0.15, 0.2) is 0 Å². The Morgan fingerprint density at radius 3 is 2.53 bits per heavy atom. The van der Waals surface area contributed by atoms with Crippen LogP contribution >= 0.6 is 22.9 Å². The first-order chi connectivity index (χ1) is 16.3. The van der Waals surface area contributed by atoms with Crippen molar-refractivity contribution in [1.82, 2.24) is 10.2 Å². The minimum Gasteiger partial charge on any atom is -0.370 e. The van der Waals surface area contributed by atoms with Crippen molar-refractivity contribution in [2.24, 2.45) is 5.92 Å². The van der Waals surface area contributed by atoms with Crippen LogP contribution in [0.2, 0.25) is 4.34 Å².